The van der Waals surface area contributed by atoms with Crippen LogP contribution in [-0.4, -0.2) is 41.2 Å². The largest absolute Gasteiger partial charge is 0.481 e. The quantitative estimate of drug-likeness (QED) is 0.667. The van der Waals surface area contributed by atoms with Crippen molar-refractivity contribution in [2.24, 2.45) is 11.7 Å². The second-order valence-electron chi connectivity index (χ2n) is 4.30. The second kappa shape index (κ2) is 5.77. The van der Waals surface area contributed by atoms with Crippen LogP contribution in [-0.2, 0) is 16.1 Å². The fourth-order valence-corrected chi connectivity index (χ4v) is 1.92. The number of rotatable bonds is 4. The molecule has 1 fully saturated rings. The molecule has 0 spiro atoms. The zero-order valence-electron chi connectivity index (χ0n) is 10.2. The summed E-state index contributed by atoms with van der Waals surface area (Å²) < 4.78 is 5.08. The minimum absolute atomic E-state index is 0.116. The molecule has 1 aromatic heterocycles. The van der Waals surface area contributed by atoms with Crippen molar-refractivity contribution in [3.8, 4) is 0 Å². The van der Waals surface area contributed by atoms with E-state index in [0.717, 1.165) is 0 Å². The number of carboxylic acid groups (broad SMARTS) is 1. The minimum atomic E-state index is -0.972. The summed E-state index contributed by atoms with van der Waals surface area (Å²) in [4.78, 5) is 27.0. The third kappa shape index (κ3) is 3.07. The Balaban J connectivity index is 2.06. The Hall–Kier alpha value is -1.99. The van der Waals surface area contributed by atoms with Gasteiger partial charge in [0.25, 0.3) is 5.91 Å². The first-order valence-electron chi connectivity index (χ1n) is 5.88. The number of ether oxygens (including phenoxy) is 1. The highest BCUT2D eigenvalue weighted by Gasteiger charge is 2.35. The van der Waals surface area contributed by atoms with Crippen LogP contribution in [0, 0.1) is 5.92 Å². The van der Waals surface area contributed by atoms with Gasteiger partial charge in [-0.2, -0.15) is 0 Å². The molecule has 2 rings (SSSR count). The molecule has 2 heterocycles. The molecule has 102 valence electrons. The molecule has 0 aromatic carbocycles. The van der Waals surface area contributed by atoms with Gasteiger partial charge >= 0.3 is 5.97 Å². The number of hydrogen-bond acceptors (Lipinski definition) is 5. The van der Waals surface area contributed by atoms with Crippen LogP contribution < -0.4 is 11.1 Å². The van der Waals surface area contributed by atoms with E-state index < -0.39 is 17.9 Å². The van der Waals surface area contributed by atoms with E-state index >= 15 is 0 Å². The summed E-state index contributed by atoms with van der Waals surface area (Å²) >= 11 is 0. The number of pyridine rings is 1. The highest BCUT2D eigenvalue weighted by atomic mass is 16.5. The van der Waals surface area contributed by atoms with Crippen LogP contribution in [0.2, 0.25) is 0 Å². The molecule has 2 unspecified atom stereocenters. The zero-order chi connectivity index (χ0) is 13.8. The van der Waals surface area contributed by atoms with E-state index in [1.165, 1.54) is 6.20 Å². The Kier molecular flexibility index (Phi) is 4.08. The molecule has 1 saturated heterocycles. The van der Waals surface area contributed by atoms with Gasteiger partial charge < -0.3 is 20.9 Å². The molecule has 1 aromatic rings. The summed E-state index contributed by atoms with van der Waals surface area (Å²) in [5.41, 5.74) is 6.46. The van der Waals surface area contributed by atoms with Crippen molar-refractivity contribution >= 4 is 11.9 Å². The van der Waals surface area contributed by atoms with Crippen molar-refractivity contribution < 1.29 is 19.4 Å². The van der Waals surface area contributed by atoms with Gasteiger partial charge in [0, 0.05) is 18.3 Å². The topological polar surface area (TPSA) is 115 Å². The lowest BCUT2D eigenvalue weighted by atomic mass is 10.0. The average Bonchev–Trinajstić information content (AvgIpc) is 2.87. The first-order chi connectivity index (χ1) is 9.11. The van der Waals surface area contributed by atoms with Crippen LogP contribution in [0.1, 0.15) is 16.1 Å². The monoisotopic (exact) mass is 265 g/mol. The molecular weight excluding hydrogens is 250 g/mol. The lowest BCUT2D eigenvalue weighted by Gasteiger charge is -2.15. The predicted molar refractivity (Wildman–Crippen MR) is 65.3 cm³/mol. The fourth-order valence-electron chi connectivity index (χ4n) is 1.92. The number of carboxylic acids is 1. The summed E-state index contributed by atoms with van der Waals surface area (Å²) in [6.07, 6.45) is 1.50. The molecule has 7 nitrogen and oxygen atoms in total. The van der Waals surface area contributed by atoms with Gasteiger partial charge in [-0.25, -0.2) is 0 Å². The van der Waals surface area contributed by atoms with Crippen LogP contribution in [0.4, 0.5) is 0 Å². The summed E-state index contributed by atoms with van der Waals surface area (Å²) in [6.45, 7) is 0.563. The SMILES string of the molecule is NCc1cc(C(=O)NC2COCC2C(=O)O)ccn1. The highest BCUT2D eigenvalue weighted by Crippen LogP contribution is 2.14. The number of carbonyl (C=O) groups is 2. The molecule has 4 N–H and O–H groups in total. The third-order valence-electron chi connectivity index (χ3n) is 3.00. The van der Waals surface area contributed by atoms with Crippen molar-refractivity contribution in [2.45, 2.75) is 12.6 Å². The lowest BCUT2D eigenvalue weighted by molar-refractivity contribution is -0.142. The van der Waals surface area contributed by atoms with E-state index in [1.54, 1.807) is 12.1 Å². The number of amides is 1. The lowest BCUT2D eigenvalue weighted by Crippen LogP contribution is -2.42. The maximum atomic E-state index is 12.0. The molecular formula is C12H15N3O4. The number of hydrogen-bond donors (Lipinski definition) is 3. The van der Waals surface area contributed by atoms with Crippen molar-refractivity contribution in [1.82, 2.24) is 10.3 Å². The minimum Gasteiger partial charge on any atom is -0.481 e. The first-order valence-corrected chi connectivity index (χ1v) is 5.88. The van der Waals surface area contributed by atoms with Gasteiger partial charge in [-0.1, -0.05) is 0 Å². The van der Waals surface area contributed by atoms with Gasteiger partial charge in [0.05, 0.1) is 24.9 Å². The fraction of sp³-hybridized carbons (Fsp3) is 0.417. The van der Waals surface area contributed by atoms with Crippen LogP contribution in [0.5, 0.6) is 0 Å². The summed E-state index contributed by atoms with van der Waals surface area (Å²) in [5.74, 6) is -2.03. The van der Waals surface area contributed by atoms with Crippen LogP contribution in [0.3, 0.4) is 0 Å². The Bertz CT molecular complexity index is 492. The Morgan fingerprint density at radius 2 is 2.32 bits per heavy atom. The van der Waals surface area contributed by atoms with Gasteiger partial charge in [0.1, 0.15) is 5.92 Å². The molecule has 1 aliphatic heterocycles. The standard InChI is InChI=1S/C12H15N3O4/c13-4-8-3-7(1-2-14-8)11(16)15-10-6-19-5-9(10)12(17)18/h1-3,9-10H,4-6,13H2,(H,15,16)(H,17,18). The van der Waals surface area contributed by atoms with E-state index in [-0.39, 0.29) is 25.7 Å². The van der Waals surface area contributed by atoms with E-state index in [0.29, 0.717) is 11.3 Å². The van der Waals surface area contributed by atoms with Crippen molar-refractivity contribution in [3.63, 3.8) is 0 Å². The molecule has 7 heteroatoms. The van der Waals surface area contributed by atoms with Crippen LogP contribution in [0.25, 0.3) is 0 Å². The first kappa shape index (κ1) is 13.4. The Morgan fingerprint density at radius 1 is 1.53 bits per heavy atom. The van der Waals surface area contributed by atoms with Crippen molar-refractivity contribution in [2.75, 3.05) is 13.2 Å². The summed E-state index contributed by atoms with van der Waals surface area (Å²) in [5, 5.41) is 11.7. The van der Waals surface area contributed by atoms with Gasteiger partial charge in [-0.3, -0.25) is 14.6 Å². The molecule has 0 aliphatic carbocycles. The molecule has 19 heavy (non-hydrogen) atoms. The Labute approximate surface area is 109 Å². The average molecular weight is 265 g/mol. The normalized spacial score (nSPS) is 22.2. The summed E-state index contributed by atoms with van der Waals surface area (Å²) in [7, 11) is 0. The summed E-state index contributed by atoms with van der Waals surface area (Å²) in [6, 6.07) is 2.63. The second-order valence-corrected chi connectivity index (χ2v) is 4.30. The molecule has 1 aliphatic rings. The van der Waals surface area contributed by atoms with Crippen molar-refractivity contribution in [3.05, 3.63) is 29.6 Å². The van der Waals surface area contributed by atoms with Crippen LogP contribution in [0.15, 0.2) is 18.3 Å². The highest BCUT2D eigenvalue weighted by molar-refractivity contribution is 5.94. The third-order valence-corrected chi connectivity index (χ3v) is 3.00. The van der Waals surface area contributed by atoms with Gasteiger partial charge in [0.2, 0.25) is 0 Å². The molecule has 0 bridgehead atoms. The van der Waals surface area contributed by atoms with E-state index in [1.807, 2.05) is 0 Å². The zero-order valence-corrected chi connectivity index (χ0v) is 10.2. The number of nitrogens with one attached hydrogen (secondary N) is 1. The number of nitrogens with zero attached hydrogens (tertiary/aromatic N) is 1. The molecule has 0 saturated carbocycles. The Morgan fingerprint density at radius 3 is 3.00 bits per heavy atom. The number of nitrogens with two attached hydrogens (primary N) is 1. The van der Waals surface area contributed by atoms with Gasteiger partial charge in [-0.15, -0.1) is 0 Å². The maximum Gasteiger partial charge on any atom is 0.311 e. The number of carbonyl (C=O) groups excluding carboxylic acids is 1. The smallest absolute Gasteiger partial charge is 0.311 e. The molecule has 0 radical (unpaired) electrons. The van der Waals surface area contributed by atoms with E-state index in [2.05, 4.69) is 10.3 Å². The van der Waals surface area contributed by atoms with E-state index in [9.17, 15) is 9.59 Å². The van der Waals surface area contributed by atoms with Gasteiger partial charge in [-0.05, 0) is 12.1 Å². The number of aromatic nitrogens is 1. The van der Waals surface area contributed by atoms with Gasteiger partial charge in [0.15, 0.2) is 0 Å². The molecule has 1 amide bonds. The van der Waals surface area contributed by atoms with E-state index in [4.69, 9.17) is 15.6 Å². The van der Waals surface area contributed by atoms with Crippen molar-refractivity contribution in [1.29, 1.82) is 0 Å². The number of aliphatic carboxylic acids is 1. The van der Waals surface area contributed by atoms with Crippen LogP contribution >= 0.6 is 0 Å². The molecule has 2 atom stereocenters. The maximum absolute atomic E-state index is 12.0. The predicted octanol–water partition coefficient (Wildman–Crippen LogP) is -0.630.